The molecule has 64 heavy (non-hydrogen) atoms. The summed E-state index contributed by atoms with van der Waals surface area (Å²) >= 11 is 0. The first-order valence-electron chi connectivity index (χ1n) is 22.2. The summed E-state index contributed by atoms with van der Waals surface area (Å²) in [6, 6.07) is 29.2. The molecular weight excluding hydrogens is 787 g/mol. The lowest BCUT2D eigenvalue weighted by atomic mass is 9.86. The van der Waals surface area contributed by atoms with Crippen LogP contribution in [0.2, 0.25) is 0 Å². The van der Waals surface area contributed by atoms with Crippen molar-refractivity contribution in [3.8, 4) is 0 Å². The van der Waals surface area contributed by atoms with Crippen LogP contribution in [0, 0.1) is 0 Å². The molecule has 6 heterocycles. The van der Waals surface area contributed by atoms with E-state index in [2.05, 4.69) is 205 Å². The fourth-order valence-corrected chi connectivity index (χ4v) is 10.5. The molecule has 0 amide bonds. The van der Waals surface area contributed by atoms with E-state index in [9.17, 15) is 0 Å². The SMILES string of the molecule is CC(C)(C)c1ccc2oc3c(ccc4c(N5C=CC=CC5)c(N5C=CC=NC5)c5cc(N6C=CC=CC6)c6oc7cc(N8C=c9ccccc9=C9C=CC=CC98)ccc7c6c5c43)c2c1. The summed E-state index contributed by atoms with van der Waals surface area (Å²) in [6.45, 7) is 8.75. The van der Waals surface area contributed by atoms with Gasteiger partial charge in [-0.15, -0.1) is 0 Å². The first-order valence-corrected chi connectivity index (χ1v) is 22.2. The molecule has 310 valence electrons. The van der Waals surface area contributed by atoms with Crippen LogP contribution in [0.4, 0.5) is 22.7 Å². The molecule has 0 fully saturated rings. The van der Waals surface area contributed by atoms with Crippen molar-refractivity contribution in [3.05, 3.63) is 180 Å². The second-order valence-electron chi connectivity index (χ2n) is 18.3. The number of furan rings is 2. The third kappa shape index (κ3) is 5.49. The summed E-state index contributed by atoms with van der Waals surface area (Å²) in [6.07, 6.45) is 34.4. The molecule has 0 bridgehead atoms. The molecule has 0 saturated carbocycles. The molecule has 2 aromatic heterocycles. The van der Waals surface area contributed by atoms with Crippen LogP contribution in [0.15, 0.2) is 178 Å². The van der Waals surface area contributed by atoms with Gasteiger partial charge >= 0.3 is 0 Å². The molecule has 1 aliphatic carbocycles. The van der Waals surface area contributed by atoms with Gasteiger partial charge < -0.3 is 28.4 Å². The Morgan fingerprint density at radius 2 is 1.38 bits per heavy atom. The number of aliphatic imine (C=N–C) groups is 1. The lowest BCUT2D eigenvalue weighted by Crippen LogP contribution is -2.44. The lowest BCUT2D eigenvalue weighted by molar-refractivity contribution is 0.590. The number of fused-ring (bicyclic) bond motifs is 13. The number of hydrogen-bond donors (Lipinski definition) is 0. The van der Waals surface area contributed by atoms with Crippen molar-refractivity contribution in [3.63, 3.8) is 0 Å². The van der Waals surface area contributed by atoms with Gasteiger partial charge in [0.25, 0.3) is 0 Å². The largest absolute Gasteiger partial charge is 0.455 e. The summed E-state index contributed by atoms with van der Waals surface area (Å²) in [5, 5.41) is 11.2. The zero-order valence-electron chi connectivity index (χ0n) is 36.0. The summed E-state index contributed by atoms with van der Waals surface area (Å²) in [5.41, 5.74) is 10.3. The lowest BCUT2D eigenvalue weighted by Gasteiger charge is -2.33. The summed E-state index contributed by atoms with van der Waals surface area (Å²) in [5.74, 6) is 0. The molecule has 7 heteroatoms. The Labute approximate surface area is 370 Å². The number of nitrogens with zero attached hydrogens (tertiary/aromatic N) is 5. The molecule has 7 nitrogen and oxygen atoms in total. The van der Waals surface area contributed by atoms with E-state index in [1.807, 2.05) is 12.3 Å². The Kier molecular flexibility index (Phi) is 7.98. The van der Waals surface area contributed by atoms with Crippen molar-refractivity contribution in [1.82, 2.24) is 0 Å². The number of hydrogen-bond acceptors (Lipinski definition) is 7. The first kappa shape index (κ1) is 36.8. The molecule has 0 spiro atoms. The van der Waals surface area contributed by atoms with Crippen LogP contribution in [0.5, 0.6) is 0 Å². The summed E-state index contributed by atoms with van der Waals surface area (Å²) in [4.78, 5) is 14.2. The Morgan fingerprint density at radius 1 is 0.609 bits per heavy atom. The van der Waals surface area contributed by atoms with E-state index in [-0.39, 0.29) is 11.5 Å². The minimum atomic E-state index is -0.0178. The van der Waals surface area contributed by atoms with Gasteiger partial charge in [0.05, 0.1) is 23.1 Å². The number of benzene rings is 6. The highest BCUT2D eigenvalue weighted by Crippen LogP contribution is 2.54. The minimum absolute atomic E-state index is 0.0178. The molecule has 1 unspecified atom stereocenters. The van der Waals surface area contributed by atoms with Crippen LogP contribution in [0.1, 0.15) is 26.3 Å². The monoisotopic (exact) mass is 831 g/mol. The zero-order valence-corrected chi connectivity index (χ0v) is 36.0. The van der Waals surface area contributed by atoms with Gasteiger partial charge in [0.15, 0.2) is 5.58 Å². The van der Waals surface area contributed by atoms with Crippen LogP contribution in [0.3, 0.4) is 0 Å². The van der Waals surface area contributed by atoms with Gasteiger partial charge in [-0.1, -0.05) is 106 Å². The van der Waals surface area contributed by atoms with E-state index in [1.54, 1.807) is 0 Å². The van der Waals surface area contributed by atoms with Crippen LogP contribution in [0.25, 0.3) is 77.2 Å². The molecular formula is C57H45N5O2. The normalized spacial score (nSPS) is 18.0. The van der Waals surface area contributed by atoms with Crippen molar-refractivity contribution in [2.24, 2.45) is 4.99 Å². The van der Waals surface area contributed by atoms with E-state index < -0.39 is 0 Å². The third-order valence-electron chi connectivity index (χ3n) is 13.5. The van der Waals surface area contributed by atoms with Crippen molar-refractivity contribution < 1.29 is 8.83 Å². The fourth-order valence-electron chi connectivity index (χ4n) is 10.5. The second kappa shape index (κ2) is 13.9. The van der Waals surface area contributed by atoms with Gasteiger partial charge in [-0.05, 0) is 81.6 Å². The molecule has 1 atom stereocenters. The van der Waals surface area contributed by atoms with Crippen LogP contribution in [-0.2, 0) is 5.41 Å². The van der Waals surface area contributed by atoms with Crippen molar-refractivity contribution >= 4 is 106 Å². The van der Waals surface area contributed by atoms with Crippen LogP contribution >= 0.6 is 0 Å². The fraction of sp³-hybridized carbons (Fsp3) is 0.140. The first-order chi connectivity index (χ1) is 31.4. The minimum Gasteiger partial charge on any atom is -0.455 e. The Morgan fingerprint density at radius 3 is 2.19 bits per heavy atom. The predicted molar refractivity (Wildman–Crippen MR) is 269 cm³/mol. The second-order valence-corrected chi connectivity index (χ2v) is 18.3. The highest BCUT2D eigenvalue weighted by Gasteiger charge is 2.31. The average molecular weight is 832 g/mol. The summed E-state index contributed by atoms with van der Waals surface area (Å²) in [7, 11) is 0. The summed E-state index contributed by atoms with van der Waals surface area (Å²) < 4.78 is 14.4. The van der Waals surface area contributed by atoms with Gasteiger partial charge in [-0.2, -0.15) is 0 Å². The maximum absolute atomic E-state index is 7.30. The standard InChI is InChI=1S/C57H45N5O2/c1-57(2,3)37-19-24-48-44(31-37)41-22-23-43-52(55(41)63-48)50-45(54(61-30-14-25-58-35-61)53(43)60-28-12-5-13-29-60)33-47(59-26-10-4-11-27-59)56-51(50)42-21-20-38(32-49(42)64-56)62-34-36-15-6-7-16-39(36)40-17-8-9-18-46(40)62/h4-26,28,30-34,46H,27,29,35H2,1-3H3. The molecule has 8 aromatic rings. The van der Waals surface area contributed by atoms with Gasteiger partial charge in [0.2, 0.25) is 0 Å². The molecule has 0 N–H and O–H groups in total. The van der Waals surface area contributed by atoms with Gasteiger partial charge in [-0.25, -0.2) is 0 Å². The van der Waals surface area contributed by atoms with Crippen molar-refractivity contribution in [2.75, 3.05) is 39.4 Å². The Balaban J connectivity index is 1.18. The van der Waals surface area contributed by atoms with Gasteiger partial charge in [0.1, 0.15) is 23.4 Å². The van der Waals surface area contributed by atoms with Gasteiger partial charge in [0, 0.05) is 98.9 Å². The molecule has 0 saturated heterocycles. The molecule has 6 aromatic carbocycles. The third-order valence-corrected chi connectivity index (χ3v) is 13.5. The van der Waals surface area contributed by atoms with E-state index in [0.29, 0.717) is 6.67 Å². The predicted octanol–water partition coefficient (Wildman–Crippen LogP) is 12.1. The van der Waals surface area contributed by atoms with Crippen molar-refractivity contribution in [1.29, 1.82) is 0 Å². The highest BCUT2D eigenvalue weighted by atomic mass is 16.3. The van der Waals surface area contributed by atoms with E-state index in [4.69, 9.17) is 13.8 Å². The average Bonchev–Trinajstić information content (AvgIpc) is 3.92. The number of anilines is 4. The molecule has 5 aliphatic rings. The maximum atomic E-state index is 7.30. The Hall–Kier alpha value is -7.77. The topological polar surface area (TPSA) is 51.6 Å². The number of rotatable bonds is 4. The Bertz CT molecular complexity index is 3730. The maximum Gasteiger partial charge on any atom is 0.159 e. The van der Waals surface area contributed by atoms with Crippen LogP contribution in [-0.4, -0.2) is 32.0 Å². The highest BCUT2D eigenvalue weighted by molar-refractivity contribution is 6.38. The van der Waals surface area contributed by atoms with Crippen molar-refractivity contribution in [2.45, 2.75) is 32.2 Å². The van der Waals surface area contributed by atoms with Gasteiger partial charge in [-0.3, -0.25) is 4.99 Å². The van der Waals surface area contributed by atoms with E-state index in [1.165, 1.54) is 21.6 Å². The molecule has 13 rings (SSSR count). The molecule has 0 radical (unpaired) electrons. The quantitative estimate of drug-likeness (QED) is 0.165. The molecule has 4 aliphatic heterocycles. The zero-order chi connectivity index (χ0) is 42.7. The van der Waals surface area contributed by atoms with E-state index >= 15 is 0 Å². The van der Waals surface area contributed by atoms with E-state index in [0.717, 1.165) is 101 Å². The smallest absolute Gasteiger partial charge is 0.159 e. The van der Waals surface area contributed by atoms with Crippen LogP contribution < -0.4 is 30.0 Å². The number of allylic oxidation sites excluding steroid dienone is 7.